The number of aryl methyl sites for hydroxylation is 1. The van der Waals surface area contributed by atoms with Gasteiger partial charge in [0, 0.05) is 18.4 Å². The lowest BCUT2D eigenvalue weighted by Crippen LogP contribution is -2.31. The monoisotopic (exact) mass is 335 g/mol. The predicted molar refractivity (Wildman–Crippen MR) is 94.3 cm³/mol. The molecule has 1 aliphatic heterocycles. The number of esters is 1. The Bertz CT molecular complexity index is 1030. The molecule has 0 bridgehead atoms. The van der Waals surface area contributed by atoms with Gasteiger partial charge in [-0.1, -0.05) is 24.3 Å². The van der Waals surface area contributed by atoms with Gasteiger partial charge in [0.25, 0.3) is 5.56 Å². The average molecular weight is 335 g/mol. The van der Waals surface area contributed by atoms with Crippen LogP contribution in [0.4, 0.5) is 0 Å². The standard InChI is InChI=1S/C20H17NO4/c1-21-16-6-4-3-5-14(16)19-18(20(21)23)15(11-17(22)25-19)12-7-9-13(24-2)10-8-12/h3-10,15H,11H2,1-2H3. The number of rotatable bonds is 2. The molecule has 1 aliphatic rings. The summed E-state index contributed by atoms with van der Waals surface area (Å²) in [4.78, 5) is 25.2. The number of fused-ring (bicyclic) bond motifs is 3. The van der Waals surface area contributed by atoms with Crippen molar-refractivity contribution < 1.29 is 14.3 Å². The summed E-state index contributed by atoms with van der Waals surface area (Å²) in [5.41, 5.74) is 2.04. The molecule has 0 fully saturated rings. The van der Waals surface area contributed by atoms with Crippen LogP contribution in [0.5, 0.6) is 11.5 Å². The minimum atomic E-state index is -0.328. The molecule has 0 aliphatic carbocycles. The van der Waals surface area contributed by atoms with E-state index in [-0.39, 0.29) is 23.9 Å². The molecular formula is C20H17NO4. The third-order valence-corrected chi connectivity index (χ3v) is 4.74. The summed E-state index contributed by atoms with van der Waals surface area (Å²) < 4.78 is 12.3. The summed E-state index contributed by atoms with van der Waals surface area (Å²) in [7, 11) is 3.34. The molecule has 25 heavy (non-hydrogen) atoms. The fourth-order valence-corrected chi connectivity index (χ4v) is 3.45. The van der Waals surface area contributed by atoms with Gasteiger partial charge in [-0.3, -0.25) is 9.59 Å². The van der Waals surface area contributed by atoms with Crippen LogP contribution in [0.15, 0.2) is 53.3 Å². The van der Waals surface area contributed by atoms with Crippen molar-refractivity contribution in [2.45, 2.75) is 12.3 Å². The van der Waals surface area contributed by atoms with Gasteiger partial charge < -0.3 is 14.0 Å². The summed E-state index contributed by atoms with van der Waals surface area (Å²) >= 11 is 0. The molecule has 2 heterocycles. The van der Waals surface area contributed by atoms with Gasteiger partial charge in [0.2, 0.25) is 0 Å². The number of pyridine rings is 1. The molecule has 0 saturated carbocycles. The fourth-order valence-electron chi connectivity index (χ4n) is 3.45. The zero-order valence-corrected chi connectivity index (χ0v) is 14.0. The van der Waals surface area contributed by atoms with Gasteiger partial charge in [0.05, 0.1) is 24.6 Å². The zero-order valence-electron chi connectivity index (χ0n) is 14.0. The topological polar surface area (TPSA) is 57.5 Å². The minimum absolute atomic E-state index is 0.137. The highest BCUT2D eigenvalue weighted by Crippen LogP contribution is 2.40. The van der Waals surface area contributed by atoms with Crippen molar-refractivity contribution in [2.24, 2.45) is 7.05 Å². The molecule has 0 spiro atoms. The molecule has 0 saturated heterocycles. The highest BCUT2D eigenvalue weighted by Gasteiger charge is 2.33. The molecule has 0 radical (unpaired) electrons. The van der Waals surface area contributed by atoms with E-state index in [0.717, 1.165) is 22.2 Å². The van der Waals surface area contributed by atoms with Crippen LogP contribution >= 0.6 is 0 Å². The summed E-state index contributed by atoms with van der Waals surface area (Å²) in [6, 6.07) is 14.9. The van der Waals surface area contributed by atoms with Gasteiger partial charge in [-0.25, -0.2) is 0 Å². The molecule has 5 heteroatoms. The molecule has 2 aromatic carbocycles. The first-order valence-corrected chi connectivity index (χ1v) is 8.06. The highest BCUT2D eigenvalue weighted by atomic mass is 16.5. The van der Waals surface area contributed by atoms with Crippen molar-refractivity contribution in [2.75, 3.05) is 7.11 Å². The minimum Gasteiger partial charge on any atom is -0.497 e. The van der Waals surface area contributed by atoms with Crippen molar-refractivity contribution in [3.8, 4) is 11.5 Å². The third kappa shape index (κ3) is 2.39. The Morgan fingerprint density at radius 1 is 1.08 bits per heavy atom. The van der Waals surface area contributed by atoms with Gasteiger partial charge in [0.1, 0.15) is 11.5 Å². The predicted octanol–water partition coefficient (Wildman–Crippen LogP) is 2.99. The van der Waals surface area contributed by atoms with Crippen molar-refractivity contribution >= 4 is 16.9 Å². The van der Waals surface area contributed by atoms with E-state index < -0.39 is 0 Å². The summed E-state index contributed by atoms with van der Waals surface area (Å²) in [6.07, 6.45) is 0.146. The molecule has 1 aromatic heterocycles. The summed E-state index contributed by atoms with van der Waals surface area (Å²) in [5, 5.41) is 0.770. The lowest BCUT2D eigenvalue weighted by atomic mass is 9.86. The first kappa shape index (κ1) is 15.4. The number of hydrogen-bond donors (Lipinski definition) is 0. The number of aromatic nitrogens is 1. The van der Waals surface area contributed by atoms with Crippen molar-refractivity contribution in [3.63, 3.8) is 0 Å². The van der Waals surface area contributed by atoms with E-state index in [4.69, 9.17) is 9.47 Å². The number of hydrogen-bond acceptors (Lipinski definition) is 4. The second-order valence-corrected chi connectivity index (χ2v) is 6.13. The average Bonchev–Trinajstić information content (AvgIpc) is 2.65. The van der Waals surface area contributed by atoms with Gasteiger partial charge in [-0.05, 0) is 29.8 Å². The number of nitrogens with zero attached hydrogens (tertiary/aromatic N) is 1. The Balaban J connectivity index is 1.99. The summed E-state index contributed by atoms with van der Waals surface area (Å²) in [6.45, 7) is 0. The fraction of sp³-hybridized carbons (Fsp3) is 0.200. The van der Waals surface area contributed by atoms with Crippen LogP contribution in [-0.4, -0.2) is 17.6 Å². The summed E-state index contributed by atoms with van der Waals surface area (Å²) in [5.74, 6) is 0.460. The maximum atomic E-state index is 13.0. The number of carbonyl (C=O) groups excluding carboxylic acids is 1. The Kier molecular flexibility index (Phi) is 3.57. The normalized spacial score (nSPS) is 16.4. The van der Waals surface area contributed by atoms with E-state index in [1.807, 2.05) is 48.5 Å². The Labute approximate surface area is 144 Å². The second kappa shape index (κ2) is 5.77. The number of carbonyl (C=O) groups is 1. The first-order valence-electron chi connectivity index (χ1n) is 8.06. The molecule has 5 nitrogen and oxygen atoms in total. The van der Waals surface area contributed by atoms with Gasteiger partial charge in [-0.2, -0.15) is 0 Å². The number of para-hydroxylation sites is 1. The van der Waals surface area contributed by atoms with E-state index in [0.29, 0.717) is 11.3 Å². The van der Waals surface area contributed by atoms with Crippen LogP contribution in [0.1, 0.15) is 23.5 Å². The quantitative estimate of drug-likeness (QED) is 0.676. The Morgan fingerprint density at radius 2 is 1.80 bits per heavy atom. The van der Waals surface area contributed by atoms with Crippen LogP contribution in [0.2, 0.25) is 0 Å². The van der Waals surface area contributed by atoms with E-state index in [1.54, 1.807) is 18.7 Å². The molecule has 1 unspecified atom stereocenters. The molecule has 0 amide bonds. The number of benzene rings is 2. The van der Waals surface area contributed by atoms with Crippen molar-refractivity contribution in [1.82, 2.24) is 4.57 Å². The smallest absolute Gasteiger partial charge is 0.312 e. The van der Waals surface area contributed by atoms with Crippen LogP contribution in [0.3, 0.4) is 0 Å². The van der Waals surface area contributed by atoms with Crippen molar-refractivity contribution in [1.29, 1.82) is 0 Å². The van der Waals surface area contributed by atoms with E-state index in [1.165, 1.54) is 0 Å². The molecule has 3 aromatic rings. The number of methoxy groups -OCH3 is 1. The SMILES string of the molecule is COc1ccc(C2CC(=O)Oc3c2c(=O)n(C)c2ccccc32)cc1. The highest BCUT2D eigenvalue weighted by molar-refractivity contribution is 5.91. The first-order chi connectivity index (χ1) is 12.1. The Hall–Kier alpha value is -3.08. The molecule has 126 valence electrons. The van der Waals surface area contributed by atoms with Crippen molar-refractivity contribution in [3.05, 3.63) is 70.0 Å². The largest absolute Gasteiger partial charge is 0.497 e. The molecular weight excluding hydrogens is 318 g/mol. The lowest BCUT2D eigenvalue weighted by molar-refractivity contribution is -0.135. The van der Waals surface area contributed by atoms with Gasteiger partial charge >= 0.3 is 5.97 Å². The molecule has 4 rings (SSSR count). The maximum absolute atomic E-state index is 13.0. The van der Waals surface area contributed by atoms with Gasteiger partial charge in [-0.15, -0.1) is 0 Å². The van der Waals surface area contributed by atoms with Gasteiger partial charge in [0.15, 0.2) is 0 Å². The molecule has 1 atom stereocenters. The maximum Gasteiger partial charge on any atom is 0.312 e. The molecule has 0 N–H and O–H groups in total. The van der Waals surface area contributed by atoms with Crippen LogP contribution in [-0.2, 0) is 11.8 Å². The van der Waals surface area contributed by atoms with Crippen LogP contribution in [0, 0.1) is 0 Å². The number of ether oxygens (including phenoxy) is 2. The van der Waals surface area contributed by atoms with Crippen LogP contribution < -0.4 is 15.0 Å². The Morgan fingerprint density at radius 3 is 2.52 bits per heavy atom. The zero-order chi connectivity index (χ0) is 17.6. The van der Waals surface area contributed by atoms with E-state index in [2.05, 4.69) is 0 Å². The lowest BCUT2D eigenvalue weighted by Gasteiger charge is -2.26. The third-order valence-electron chi connectivity index (χ3n) is 4.74. The second-order valence-electron chi connectivity index (χ2n) is 6.13. The van der Waals surface area contributed by atoms with E-state index in [9.17, 15) is 9.59 Å². The van der Waals surface area contributed by atoms with Crippen LogP contribution in [0.25, 0.3) is 10.9 Å². The van der Waals surface area contributed by atoms with E-state index >= 15 is 0 Å².